The molecule has 1 aliphatic carbocycles. The summed E-state index contributed by atoms with van der Waals surface area (Å²) < 4.78 is 13.7. The summed E-state index contributed by atoms with van der Waals surface area (Å²) in [5, 5.41) is 8.18. The van der Waals surface area contributed by atoms with E-state index < -0.39 is 0 Å². The van der Waals surface area contributed by atoms with Crippen LogP contribution in [0.1, 0.15) is 60.2 Å². The van der Waals surface area contributed by atoms with Gasteiger partial charge in [-0.05, 0) is 44.2 Å². The monoisotopic (exact) mass is 389 g/mol. The van der Waals surface area contributed by atoms with E-state index in [9.17, 15) is 14.0 Å². The quantitative estimate of drug-likeness (QED) is 0.735. The molecule has 1 heterocycles. The molecule has 1 aromatic carbocycles. The lowest BCUT2D eigenvalue weighted by molar-refractivity contribution is -0.123. The highest BCUT2D eigenvalue weighted by atomic mass is 32.1. The minimum absolute atomic E-state index is 0.0669. The molecule has 3 rings (SSSR count). The second kappa shape index (κ2) is 8.17. The van der Waals surface area contributed by atoms with E-state index in [0.29, 0.717) is 17.2 Å². The van der Waals surface area contributed by atoms with Crippen molar-refractivity contribution in [3.05, 3.63) is 45.7 Å². The lowest BCUT2D eigenvalue weighted by Crippen LogP contribution is -2.30. The summed E-state index contributed by atoms with van der Waals surface area (Å²) in [4.78, 5) is 29.1. The molecule has 7 heteroatoms. The number of carbonyl (C=O) groups excluding carboxylic acids is 2. The zero-order valence-corrected chi connectivity index (χ0v) is 16.5. The molecule has 1 atom stereocenters. The molecule has 2 amide bonds. The third kappa shape index (κ3) is 4.91. The van der Waals surface area contributed by atoms with Crippen molar-refractivity contribution < 1.29 is 14.0 Å². The van der Waals surface area contributed by atoms with E-state index in [1.54, 1.807) is 24.4 Å². The molecule has 5 nitrogen and oxygen atoms in total. The molecule has 1 fully saturated rings. The number of anilines is 1. The largest absolute Gasteiger partial charge is 0.347 e. The zero-order valence-electron chi connectivity index (χ0n) is 15.7. The Morgan fingerprint density at radius 1 is 1.33 bits per heavy atom. The molecule has 1 aliphatic rings. The van der Waals surface area contributed by atoms with E-state index in [1.807, 2.05) is 0 Å². The second-order valence-electron chi connectivity index (χ2n) is 7.40. The maximum Gasteiger partial charge on any atom is 0.275 e. The van der Waals surface area contributed by atoms with Crippen LogP contribution in [0.3, 0.4) is 0 Å². The third-order valence-electron chi connectivity index (χ3n) is 4.54. The predicted molar refractivity (Wildman–Crippen MR) is 104 cm³/mol. The van der Waals surface area contributed by atoms with Crippen LogP contribution < -0.4 is 10.6 Å². The lowest BCUT2D eigenvalue weighted by atomic mass is 10.0. The molecular formula is C20H24FN3O2S. The first kappa shape index (κ1) is 19.5. The Labute approximate surface area is 162 Å². The highest BCUT2D eigenvalue weighted by Gasteiger charge is 2.32. The van der Waals surface area contributed by atoms with E-state index in [2.05, 4.69) is 29.5 Å². The fourth-order valence-corrected chi connectivity index (χ4v) is 3.67. The van der Waals surface area contributed by atoms with Gasteiger partial charge in [-0.25, -0.2) is 9.37 Å². The Bertz CT molecular complexity index is 846. The van der Waals surface area contributed by atoms with Gasteiger partial charge in [0.1, 0.15) is 16.5 Å². The Balaban J connectivity index is 1.73. The van der Waals surface area contributed by atoms with Crippen molar-refractivity contribution in [3.63, 3.8) is 0 Å². The number of hydrogen-bond donors (Lipinski definition) is 2. The van der Waals surface area contributed by atoms with Gasteiger partial charge in [-0.1, -0.05) is 19.9 Å². The Morgan fingerprint density at radius 2 is 2.07 bits per heavy atom. The summed E-state index contributed by atoms with van der Waals surface area (Å²) in [7, 11) is 0. The number of hydrogen-bond acceptors (Lipinski definition) is 4. The molecule has 1 saturated carbocycles. The summed E-state index contributed by atoms with van der Waals surface area (Å²) in [6.45, 7) is 5.79. The number of aromatic nitrogens is 1. The van der Waals surface area contributed by atoms with Gasteiger partial charge in [0.15, 0.2) is 0 Å². The summed E-state index contributed by atoms with van der Waals surface area (Å²) in [5.41, 5.74) is 1.08. The molecule has 144 valence electrons. The fourth-order valence-electron chi connectivity index (χ4n) is 2.81. The van der Waals surface area contributed by atoms with Crippen molar-refractivity contribution in [2.24, 2.45) is 11.8 Å². The highest BCUT2D eigenvalue weighted by Crippen LogP contribution is 2.32. The van der Waals surface area contributed by atoms with Crippen molar-refractivity contribution in [1.82, 2.24) is 10.3 Å². The topological polar surface area (TPSA) is 71.1 Å². The first-order valence-electron chi connectivity index (χ1n) is 9.17. The van der Waals surface area contributed by atoms with Crippen LogP contribution in [0.5, 0.6) is 0 Å². The smallest absolute Gasteiger partial charge is 0.275 e. The first-order chi connectivity index (χ1) is 12.8. The van der Waals surface area contributed by atoms with E-state index in [4.69, 9.17) is 0 Å². The minimum Gasteiger partial charge on any atom is -0.347 e. The number of amides is 2. The van der Waals surface area contributed by atoms with Crippen molar-refractivity contribution in [2.75, 3.05) is 5.32 Å². The van der Waals surface area contributed by atoms with Gasteiger partial charge in [-0.3, -0.25) is 9.59 Å². The minimum atomic E-state index is -0.386. The van der Waals surface area contributed by atoms with E-state index in [1.165, 1.54) is 17.4 Å². The molecular weight excluding hydrogens is 365 g/mol. The number of carbonyl (C=O) groups is 2. The van der Waals surface area contributed by atoms with Crippen molar-refractivity contribution in [2.45, 2.75) is 46.1 Å². The summed E-state index contributed by atoms with van der Waals surface area (Å²) in [5.74, 6) is -0.184. The van der Waals surface area contributed by atoms with E-state index >= 15 is 0 Å². The normalized spacial score (nSPS) is 14.9. The van der Waals surface area contributed by atoms with Crippen LogP contribution in [0.2, 0.25) is 0 Å². The Morgan fingerprint density at radius 3 is 2.74 bits per heavy atom. The predicted octanol–water partition coefficient (Wildman–Crippen LogP) is 4.46. The molecule has 0 spiro atoms. The summed E-state index contributed by atoms with van der Waals surface area (Å²) >= 11 is 1.36. The van der Waals surface area contributed by atoms with Gasteiger partial charge in [0.2, 0.25) is 5.91 Å². The van der Waals surface area contributed by atoms with Crippen LogP contribution >= 0.6 is 11.3 Å². The fraction of sp³-hybridized carbons (Fsp3) is 0.450. The molecule has 0 saturated heterocycles. The third-order valence-corrected chi connectivity index (χ3v) is 5.50. The van der Waals surface area contributed by atoms with E-state index in [-0.39, 0.29) is 35.3 Å². The average molecular weight is 389 g/mol. The van der Waals surface area contributed by atoms with E-state index in [0.717, 1.165) is 24.3 Å². The number of rotatable bonds is 7. The SMILES string of the molecule is Cc1c(F)cccc1NC(=O)c1csc([C@@H](CC(C)C)NC(=O)C2CC2)n1. The number of nitrogens with one attached hydrogen (secondary N) is 2. The number of benzene rings is 1. The van der Waals surface area contributed by atoms with Crippen LogP contribution in [0.4, 0.5) is 10.1 Å². The maximum absolute atomic E-state index is 13.7. The van der Waals surface area contributed by atoms with Crippen LogP contribution in [0, 0.1) is 24.6 Å². The highest BCUT2D eigenvalue weighted by molar-refractivity contribution is 7.10. The van der Waals surface area contributed by atoms with Crippen LogP contribution in [-0.4, -0.2) is 16.8 Å². The summed E-state index contributed by atoms with van der Waals surface area (Å²) in [6.07, 6.45) is 2.65. The standard InChI is InChI=1S/C20H24FN3O2S/c1-11(2)9-16(23-18(25)13-7-8-13)20-24-17(10-27-20)19(26)22-15-6-4-5-14(21)12(15)3/h4-6,10-11,13,16H,7-9H2,1-3H3,(H,22,26)(H,23,25)/t16-/m1/s1. The number of nitrogens with zero attached hydrogens (tertiary/aromatic N) is 1. The number of halogens is 1. The van der Waals surface area contributed by atoms with Gasteiger partial charge >= 0.3 is 0 Å². The van der Waals surface area contributed by atoms with Gasteiger partial charge < -0.3 is 10.6 Å². The van der Waals surface area contributed by atoms with Crippen LogP contribution in [0.15, 0.2) is 23.6 Å². The van der Waals surface area contributed by atoms with Crippen LogP contribution in [0.25, 0.3) is 0 Å². The lowest BCUT2D eigenvalue weighted by Gasteiger charge is -2.18. The maximum atomic E-state index is 13.7. The van der Waals surface area contributed by atoms with Gasteiger partial charge in [0.25, 0.3) is 5.91 Å². The molecule has 0 aliphatic heterocycles. The van der Waals surface area contributed by atoms with Crippen molar-refractivity contribution in [1.29, 1.82) is 0 Å². The Hall–Kier alpha value is -2.28. The summed E-state index contributed by atoms with van der Waals surface area (Å²) in [6, 6.07) is 4.36. The second-order valence-corrected chi connectivity index (χ2v) is 8.29. The number of thiazole rings is 1. The van der Waals surface area contributed by atoms with Gasteiger partial charge in [-0.15, -0.1) is 11.3 Å². The van der Waals surface area contributed by atoms with Crippen molar-refractivity contribution in [3.8, 4) is 0 Å². The molecule has 2 aromatic rings. The molecule has 27 heavy (non-hydrogen) atoms. The molecule has 0 radical (unpaired) electrons. The molecule has 2 N–H and O–H groups in total. The van der Waals surface area contributed by atoms with Gasteiger partial charge in [0, 0.05) is 22.5 Å². The molecule has 1 aromatic heterocycles. The molecule has 0 unspecified atom stereocenters. The Kier molecular flexibility index (Phi) is 5.89. The first-order valence-corrected chi connectivity index (χ1v) is 10.1. The average Bonchev–Trinajstić information content (AvgIpc) is 3.34. The van der Waals surface area contributed by atoms with Gasteiger partial charge in [-0.2, -0.15) is 0 Å². The van der Waals surface area contributed by atoms with Crippen LogP contribution in [-0.2, 0) is 4.79 Å². The van der Waals surface area contributed by atoms with Crippen molar-refractivity contribution >= 4 is 28.8 Å². The zero-order chi connectivity index (χ0) is 19.6. The van der Waals surface area contributed by atoms with Gasteiger partial charge in [0.05, 0.1) is 6.04 Å². The molecule has 0 bridgehead atoms.